The molecule has 1 N–H and O–H groups in total. The van der Waals surface area contributed by atoms with Gasteiger partial charge in [0.2, 0.25) is 0 Å². The van der Waals surface area contributed by atoms with Gasteiger partial charge in [0.05, 0.1) is 7.11 Å². The summed E-state index contributed by atoms with van der Waals surface area (Å²) in [5.74, 6) is -2.55. The number of carbonyl (C=O) groups is 1. The predicted molar refractivity (Wildman–Crippen MR) is 67.2 cm³/mol. The maximum Gasteiger partial charge on any atom is 0.408 e. The van der Waals surface area contributed by atoms with Gasteiger partial charge in [0.25, 0.3) is 0 Å². The Morgan fingerprint density at radius 1 is 1.47 bits per heavy atom. The summed E-state index contributed by atoms with van der Waals surface area (Å²) < 4.78 is 36.8. The van der Waals surface area contributed by atoms with Crippen molar-refractivity contribution >= 4 is 18.5 Å². The number of carbonyl (C=O) groups excluding carboxylic acids is 1. The molecule has 1 heterocycles. The van der Waals surface area contributed by atoms with Crippen molar-refractivity contribution in [3.63, 3.8) is 0 Å². The summed E-state index contributed by atoms with van der Waals surface area (Å²) in [5, 5.41) is 2.15. The van der Waals surface area contributed by atoms with Gasteiger partial charge < -0.3 is 14.8 Å². The van der Waals surface area contributed by atoms with Crippen LogP contribution >= 0.6 is 12.4 Å². The zero-order valence-corrected chi connectivity index (χ0v) is 11.2. The van der Waals surface area contributed by atoms with E-state index in [2.05, 4.69) is 10.1 Å². The summed E-state index contributed by atoms with van der Waals surface area (Å²) in [6, 6.07) is 3.38. The van der Waals surface area contributed by atoms with E-state index in [-0.39, 0.29) is 12.4 Å². The summed E-state index contributed by atoms with van der Waals surface area (Å²) in [7, 11) is 1.50. The first-order valence-corrected chi connectivity index (χ1v) is 5.39. The largest absolute Gasteiger partial charge is 0.497 e. The van der Waals surface area contributed by atoms with Crippen molar-refractivity contribution in [1.29, 1.82) is 0 Å². The van der Waals surface area contributed by atoms with Crippen LogP contribution in [0.25, 0.3) is 0 Å². The van der Waals surface area contributed by atoms with Crippen LogP contribution in [0.4, 0.5) is 13.6 Å². The van der Waals surface area contributed by atoms with Gasteiger partial charge in [-0.1, -0.05) is 6.07 Å². The molecule has 0 spiro atoms. The molecule has 0 aliphatic carbocycles. The van der Waals surface area contributed by atoms with E-state index < -0.39 is 24.7 Å². The Bertz CT molecular complexity index is 482. The Morgan fingerprint density at radius 3 is 2.74 bits per heavy atom. The normalized spacial score (nSPS) is 20.8. The molecule has 1 saturated heterocycles. The van der Waals surface area contributed by atoms with Crippen molar-refractivity contribution in [3.8, 4) is 5.75 Å². The van der Waals surface area contributed by atoms with Crippen LogP contribution in [-0.2, 0) is 4.74 Å². The van der Waals surface area contributed by atoms with E-state index >= 15 is 0 Å². The fourth-order valence-corrected chi connectivity index (χ4v) is 1.91. The lowest BCUT2D eigenvalue weighted by Crippen LogP contribution is -2.49. The molecule has 0 bridgehead atoms. The third kappa shape index (κ3) is 3.07. The Hall–Kier alpha value is -1.56. The lowest BCUT2D eigenvalue weighted by molar-refractivity contribution is -0.104. The van der Waals surface area contributed by atoms with Crippen molar-refractivity contribution in [1.82, 2.24) is 5.32 Å². The number of amides is 1. The minimum absolute atomic E-state index is 0. The highest BCUT2D eigenvalue weighted by molar-refractivity contribution is 5.85. The topological polar surface area (TPSA) is 47.6 Å². The van der Waals surface area contributed by atoms with Crippen LogP contribution in [0.5, 0.6) is 5.75 Å². The van der Waals surface area contributed by atoms with E-state index in [0.717, 1.165) is 0 Å². The number of benzene rings is 1. The molecule has 1 aromatic carbocycles. The van der Waals surface area contributed by atoms with Gasteiger partial charge in [-0.3, -0.25) is 0 Å². The molecule has 0 radical (unpaired) electrons. The fourth-order valence-electron chi connectivity index (χ4n) is 1.91. The predicted octanol–water partition coefficient (Wildman–Crippen LogP) is 2.84. The van der Waals surface area contributed by atoms with Crippen LogP contribution in [0, 0.1) is 6.92 Å². The van der Waals surface area contributed by atoms with Crippen molar-refractivity contribution in [2.24, 2.45) is 0 Å². The minimum Gasteiger partial charge on any atom is -0.497 e. The zero-order chi connectivity index (χ0) is 13.3. The lowest BCUT2D eigenvalue weighted by Gasteiger charge is -2.32. The molecule has 1 atom stereocenters. The van der Waals surface area contributed by atoms with Crippen molar-refractivity contribution in [2.45, 2.75) is 18.9 Å². The number of alkyl halides is 2. The lowest BCUT2D eigenvalue weighted by atomic mass is 9.95. The first kappa shape index (κ1) is 15.5. The smallest absolute Gasteiger partial charge is 0.408 e. The van der Waals surface area contributed by atoms with Crippen LogP contribution in [0.3, 0.4) is 0 Å². The van der Waals surface area contributed by atoms with E-state index in [1.165, 1.54) is 13.2 Å². The van der Waals surface area contributed by atoms with Crippen molar-refractivity contribution < 1.29 is 23.0 Å². The molecule has 1 amide bonds. The number of methoxy groups -OCH3 is 1. The molecule has 7 heteroatoms. The highest BCUT2D eigenvalue weighted by Gasteiger charge is 2.47. The van der Waals surface area contributed by atoms with Gasteiger partial charge in [-0.15, -0.1) is 12.4 Å². The second-order valence-electron chi connectivity index (χ2n) is 4.14. The Morgan fingerprint density at radius 2 is 2.16 bits per heavy atom. The Kier molecular flexibility index (Phi) is 4.57. The fraction of sp³-hybridized carbons (Fsp3) is 0.417. The molecule has 19 heavy (non-hydrogen) atoms. The van der Waals surface area contributed by atoms with E-state index in [1.807, 2.05) is 0 Å². The average Bonchev–Trinajstić information content (AvgIpc) is 2.32. The molecular formula is C12H14ClF2NO3. The van der Waals surface area contributed by atoms with Gasteiger partial charge in [-0.05, 0) is 30.2 Å². The number of alkyl carbamates (subject to hydrolysis) is 1. The van der Waals surface area contributed by atoms with E-state index in [9.17, 15) is 13.6 Å². The summed E-state index contributed by atoms with van der Waals surface area (Å²) in [6.07, 6.45) is -0.832. The monoisotopic (exact) mass is 293 g/mol. The molecule has 2 rings (SSSR count). The summed E-state index contributed by atoms with van der Waals surface area (Å²) in [5.41, 5.74) is 0.985. The van der Waals surface area contributed by atoms with E-state index in [0.29, 0.717) is 16.9 Å². The number of hydrogen-bond donors (Lipinski definition) is 1. The maximum atomic E-state index is 13.7. The van der Waals surface area contributed by atoms with Crippen LogP contribution < -0.4 is 10.1 Å². The quantitative estimate of drug-likeness (QED) is 0.912. The molecule has 106 valence electrons. The van der Waals surface area contributed by atoms with Crippen LogP contribution in [0.2, 0.25) is 0 Å². The van der Waals surface area contributed by atoms with Gasteiger partial charge in [-0.25, -0.2) is 13.6 Å². The molecule has 1 aliphatic rings. The molecule has 1 aliphatic heterocycles. The third-order valence-corrected chi connectivity index (χ3v) is 2.87. The summed E-state index contributed by atoms with van der Waals surface area (Å²) in [4.78, 5) is 11.1. The summed E-state index contributed by atoms with van der Waals surface area (Å²) >= 11 is 0. The number of hydrogen-bond acceptors (Lipinski definition) is 3. The average molecular weight is 294 g/mol. The number of nitrogens with one attached hydrogen (secondary N) is 1. The Balaban J connectivity index is 0.00000180. The van der Waals surface area contributed by atoms with Crippen molar-refractivity contribution in [3.05, 3.63) is 29.3 Å². The zero-order valence-electron chi connectivity index (χ0n) is 10.4. The van der Waals surface area contributed by atoms with Gasteiger partial charge in [0.15, 0.2) is 6.61 Å². The number of cyclic esters (lactones) is 1. The van der Waals surface area contributed by atoms with Gasteiger partial charge >= 0.3 is 12.0 Å². The molecule has 0 unspecified atom stereocenters. The molecule has 1 fully saturated rings. The van der Waals surface area contributed by atoms with Crippen LogP contribution in [0.1, 0.15) is 17.2 Å². The number of halogens is 3. The summed E-state index contributed by atoms with van der Waals surface area (Å²) in [6.45, 7) is 0.782. The standard InChI is InChI=1S/C12H13F2NO3.ClH/c1-7-5-8(17-2)3-4-9(7)10-12(13,14)6-18-11(16)15-10;/h3-5,10H,6H2,1-2H3,(H,15,16);1H/t10-;/m0./s1. The first-order chi connectivity index (χ1) is 8.44. The maximum absolute atomic E-state index is 13.7. The molecule has 0 saturated carbocycles. The highest BCUT2D eigenvalue weighted by Crippen LogP contribution is 2.36. The van der Waals surface area contributed by atoms with Gasteiger partial charge in [-0.2, -0.15) is 0 Å². The molecule has 0 aromatic heterocycles. The van der Waals surface area contributed by atoms with Crippen molar-refractivity contribution in [2.75, 3.05) is 13.7 Å². The van der Waals surface area contributed by atoms with Gasteiger partial charge in [0.1, 0.15) is 11.8 Å². The van der Waals surface area contributed by atoms with Gasteiger partial charge in [0, 0.05) is 0 Å². The second kappa shape index (κ2) is 5.61. The van der Waals surface area contributed by atoms with Crippen LogP contribution in [-0.4, -0.2) is 25.7 Å². The van der Waals surface area contributed by atoms with E-state index in [1.54, 1.807) is 19.1 Å². The number of aryl methyl sites for hydroxylation is 1. The van der Waals surface area contributed by atoms with Crippen LogP contribution in [0.15, 0.2) is 18.2 Å². The molecule has 1 aromatic rings. The Labute approximate surface area is 115 Å². The molecule has 4 nitrogen and oxygen atoms in total. The third-order valence-electron chi connectivity index (χ3n) is 2.87. The highest BCUT2D eigenvalue weighted by atomic mass is 35.5. The molecular weight excluding hydrogens is 280 g/mol. The number of rotatable bonds is 2. The second-order valence-corrected chi connectivity index (χ2v) is 4.14. The SMILES string of the molecule is COc1ccc([C@@H]2NC(=O)OCC2(F)F)c(C)c1.Cl. The number of ether oxygens (including phenoxy) is 2. The first-order valence-electron chi connectivity index (χ1n) is 5.39. The van der Waals surface area contributed by atoms with E-state index in [4.69, 9.17) is 4.74 Å². The minimum atomic E-state index is -3.13.